The highest BCUT2D eigenvalue weighted by molar-refractivity contribution is 6.31. The quantitative estimate of drug-likeness (QED) is 0.888. The Morgan fingerprint density at radius 1 is 1.24 bits per heavy atom. The number of amides is 1. The molecule has 0 radical (unpaired) electrons. The smallest absolute Gasteiger partial charge is 0.251 e. The lowest BCUT2D eigenvalue weighted by Gasteiger charge is -2.12. The summed E-state index contributed by atoms with van der Waals surface area (Å²) in [6.07, 6.45) is 0.690. The Morgan fingerprint density at radius 2 is 1.95 bits per heavy atom. The molecule has 0 bridgehead atoms. The summed E-state index contributed by atoms with van der Waals surface area (Å²) >= 11 is 6.02. The third kappa shape index (κ3) is 4.31. The van der Waals surface area contributed by atoms with Gasteiger partial charge in [0.25, 0.3) is 5.91 Å². The minimum Gasteiger partial charge on any atom is -0.352 e. The number of carbonyl (C=O) groups excluding carboxylic acids is 1. The highest BCUT2D eigenvalue weighted by atomic mass is 35.5. The highest BCUT2D eigenvalue weighted by Gasteiger charge is 2.09. The van der Waals surface area contributed by atoms with Crippen LogP contribution in [0.3, 0.4) is 0 Å². The Labute approximate surface area is 130 Å². The molecule has 110 valence electrons. The van der Waals surface area contributed by atoms with E-state index in [-0.39, 0.29) is 11.9 Å². The fourth-order valence-electron chi connectivity index (χ4n) is 2.04. The Morgan fingerprint density at radius 3 is 2.62 bits per heavy atom. The van der Waals surface area contributed by atoms with Crippen molar-refractivity contribution >= 4 is 17.5 Å². The zero-order chi connectivity index (χ0) is 15.2. The van der Waals surface area contributed by atoms with Crippen LogP contribution < -0.4 is 11.1 Å². The standard InChI is InChI=1S/C17H19ClN2O/c1-12-7-8-14(11-15(12)18)17(21)20-10-9-16(19)13-5-3-2-4-6-13/h2-8,11,16H,9-10,19H2,1H3,(H,20,21). The third-order valence-corrected chi connectivity index (χ3v) is 3.81. The van der Waals surface area contributed by atoms with Crippen LogP contribution in [0.2, 0.25) is 5.02 Å². The lowest BCUT2D eigenvalue weighted by atomic mass is 10.0. The van der Waals surface area contributed by atoms with E-state index in [1.165, 1.54) is 0 Å². The highest BCUT2D eigenvalue weighted by Crippen LogP contribution is 2.17. The van der Waals surface area contributed by atoms with Gasteiger partial charge in [-0.1, -0.05) is 48.0 Å². The van der Waals surface area contributed by atoms with Crippen molar-refractivity contribution in [3.63, 3.8) is 0 Å². The van der Waals surface area contributed by atoms with Gasteiger partial charge in [0.2, 0.25) is 0 Å². The molecule has 3 nitrogen and oxygen atoms in total. The van der Waals surface area contributed by atoms with Gasteiger partial charge in [0.1, 0.15) is 0 Å². The van der Waals surface area contributed by atoms with Crippen LogP contribution in [0.4, 0.5) is 0 Å². The van der Waals surface area contributed by atoms with Gasteiger partial charge in [-0.3, -0.25) is 4.79 Å². The van der Waals surface area contributed by atoms with Gasteiger partial charge < -0.3 is 11.1 Å². The van der Waals surface area contributed by atoms with Crippen molar-refractivity contribution in [2.75, 3.05) is 6.54 Å². The fraction of sp³-hybridized carbons (Fsp3) is 0.235. The maximum atomic E-state index is 12.0. The first kappa shape index (κ1) is 15.5. The van der Waals surface area contributed by atoms with Crippen molar-refractivity contribution in [1.29, 1.82) is 0 Å². The van der Waals surface area contributed by atoms with E-state index in [1.807, 2.05) is 43.3 Å². The maximum Gasteiger partial charge on any atom is 0.251 e. The van der Waals surface area contributed by atoms with Crippen LogP contribution in [0.25, 0.3) is 0 Å². The summed E-state index contributed by atoms with van der Waals surface area (Å²) in [5, 5.41) is 3.47. The molecule has 1 unspecified atom stereocenters. The molecule has 4 heteroatoms. The first-order valence-electron chi connectivity index (χ1n) is 6.93. The predicted octanol–water partition coefficient (Wildman–Crippen LogP) is 3.47. The number of benzene rings is 2. The van der Waals surface area contributed by atoms with Gasteiger partial charge in [0.05, 0.1) is 0 Å². The summed E-state index contributed by atoms with van der Waals surface area (Å²) in [5.41, 5.74) is 8.69. The summed E-state index contributed by atoms with van der Waals surface area (Å²) in [5.74, 6) is -0.128. The number of rotatable bonds is 5. The van der Waals surface area contributed by atoms with Crippen LogP contribution >= 0.6 is 11.6 Å². The molecule has 2 aromatic rings. The Bertz CT molecular complexity index is 613. The number of carbonyl (C=O) groups is 1. The molecule has 21 heavy (non-hydrogen) atoms. The van der Waals surface area contributed by atoms with Gasteiger partial charge in [0.15, 0.2) is 0 Å². The minimum absolute atomic E-state index is 0.0758. The molecule has 2 rings (SSSR count). The van der Waals surface area contributed by atoms with Crippen LogP contribution in [0.15, 0.2) is 48.5 Å². The molecule has 0 aromatic heterocycles. The monoisotopic (exact) mass is 302 g/mol. The first-order chi connectivity index (χ1) is 10.1. The van der Waals surface area contributed by atoms with Gasteiger partial charge in [-0.25, -0.2) is 0 Å². The molecule has 0 heterocycles. The first-order valence-corrected chi connectivity index (χ1v) is 7.30. The van der Waals surface area contributed by atoms with Gasteiger partial charge in [-0.05, 0) is 36.6 Å². The molecule has 0 fully saturated rings. The number of halogens is 1. The molecule has 2 aromatic carbocycles. The molecule has 1 amide bonds. The largest absolute Gasteiger partial charge is 0.352 e. The second-order valence-electron chi connectivity index (χ2n) is 5.03. The van der Waals surface area contributed by atoms with Crippen molar-refractivity contribution in [1.82, 2.24) is 5.32 Å². The average Bonchev–Trinajstić information content (AvgIpc) is 2.50. The van der Waals surface area contributed by atoms with E-state index in [4.69, 9.17) is 17.3 Å². The molecule has 0 aliphatic heterocycles. The van der Waals surface area contributed by atoms with E-state index >= 15 is 0 Å². The molecule has 0 spiro atoms. The summed E-state index contributed by atoms with van der Waals surface area (Å²) in [4.78, 5) is 12.0. The molecular formula is C17H19ClN2O. The predicted molar refractivity (Wildman–Crippen MR) is 86.5 cm³/mol. The molecule has 0 aliphatic carbocycles. The van der Waals surface area contributed by atoms with E-state index in [0.717, 1.165) is 11.1 Å². The van der Waals surface area contributed by atoms with Crippen LogP contribution in [-0.2, 0) is 0 Å². The minimum atomic E-state index is -0.128. The average molecular weight is 303 g/mol. The summed E-state index contributed by atoms with van der Waals surface area (Å²) in [7, 11) is 0. The maximum absolute atomic E-state index is 12.0. The van der Waals surface area contributed by atoms with Crippen molar-refractivity contribution in [2.24, 2.45) is 5.73 Å². The second-order valence-corrected chi connectivity index (χ2v) is 5.43. The van der Waals surface area contributed by atoms with Crippen molar-refractivity contribution in [3.05, 3.63) is 70.2 Å². The van der Waals surface area contributed by atoms with E-state index in [1.54, 1.807) is 12.1 Å². The van der Waals surface area contributed by atoms with Crippen LogP contribution in [0.1, 0.15) is 33.9 Å². The number of nitrogens with one attached hydrogen (secondary N) is 1. The Balaban J connectivity index is 1.85. The Hall–Kier alpha value is -1.84. The van der Waals surface area contributed by atoms with E-state index in [9.17, 15) is 4.79 Å². The molecular weight excluding hydrogens is 284 g/mol. The van der Waals surface area contributed by atoms with Crippen molar-refractivity contribution in [2.45, 2.75) is 19.4 Å². The zero-order valence-corrected chi connectivity index (χ0v) is 12.7. The van der Waals surface area contributed by atoms with Crippen LogP contribution in [0, 0.1) is 6.92 Å². The molecule has 0 aliphatic rings. The van der Waals surface area contributed by atoms with Crippen LogP contribution in [-0.4, -0.2) is 12.5 Å². The second kappa shape index (κ2) is 7.25. The summed E-state index contributed by atoms with van der Waals surface area (Å²) in [6.45, 7) is 2.43. The Kier molecular flexibility index (Phi) is 5.37. The molecule has 0 saturated heterocycles. The molecule has 0 saturated carbocycles. The van der Waals surface area contributed by atoms with Crippen molar-refractivity contribution in [3.8, 4) is 0 Å². The number of nitrogens with two attached hydrogens (primary N) is 1. The summed E-state index contributed by atoms with van der Waals surface area (Å²) in [6, 6.07) is 15.1. The lowest BCUT2D eigenvalue weighted by molar-refractivity contribution is 0.0952. The topological polar surface area (TPSA) is 55.1 Å². The number of hydrogen-bond donors (Lipinski definition) is 2. The zero-order valence-electron chi connectivity index (χ0n) is 12.0. The number of hydrogen-bond acceptors (Lipinski definition) is 2. The fourth-order valence-corrected chi connectivity index (χ4v) is 2.22. The third-order valence-electron chi connectivity index (χ3n) is 3.40. The van der Waals surface area contributed by atoms with Gasteiger partial charge >= 0.3 is 0 Å². The molecule has 1 atom stereocenters. The normalized spacial score (nSPS) is 12.0. The van der Waals surface area contributed by atoms with Gasteiger partial charge in [-0.15, -0.1) is 0 Å². The van der Waals surface area contributed by atoms with E-state index in [2.05, 4.69) is 5.32 Å². The van der Waals surface area contributed by atoms with E-state index < -0.39 is 0 Å². The summed E-state index contributed by atoms with van der Waals surface area (Å²) < 4.78 is 0. The van der Waals surface area contributed by atoms with Gasteiger partial charge in [0, 0.05) is 23.2 Å². The van der Waals surface area contributed by atoms with Gasteiger partial charge in [-0.2, -0.15) is 0 Å². The molecule has 3 N–H and O–H groups in total. The van der Waals surface area contributed by atoms with E-state index in [0.29, 0.717) is 23.6 Å². The number of aryl methyl sites for hydroxylation is 1. The lowest BCUT2D eigenvalue weighted by Crippen LogP contribution is -2.27. The van der Waals surface area contributed by atoms with Crippen molar-refractivity contribution < 1.29 is 4.79 Å². The van der Waals surface area contributed by atoms with Crippen LogP contribution in [0.5, 0.6) is 0 Å². The SMILES string of the molecule is Cc1ccc(C(=O)NCCC(N)c2ccccc2)cc1Cl.